The number of fused-ring (bicyclic) bond motifs is 1. The van der Waals surface area contributed by atoms with E-state index in [1.54, 1.807) is 24.5 Å². The highest BCUT2D eigenvalue weighted by molar-refractivity contribution is 6.06. The Hall–Kier alpha value is -3.66. The number of aromatic nitrogens is 2. The van der Waals surface area contributed by atoms with E-state index in [-0.39, 0.29) is 17.3 Å². The topological polar surface area (TPSA) is 91.5 Å². The zero-order valence-corrected chi connectivity index (χ0v) is 19.2. The molecule has 4 rings (SSSR count). The lowest BCUT2D eigenvalue weighted by Crippen LogP contribution is -2.31. The van der Waals surface area contributed by atoms with Gasteiger partial charge in [0.25, 0.3) is 5.91 Å². The normalized spacial score (nSPS) is 13.9. The van der Waals surface area contributed by atoms with Crippen molar-refractivity contribution in [2.24, 2.45) is 0 Å². The summed E-state index contributed by atoms with van der Waals surface area (Å²) in [5.74, 6) is -0.735. The zero-order valence-electron chi connectivity index (χ0n) is 19.2. The van der Waals surface area contributed by atoms with Crippen molar-refractivity contribution >= 4 is 17.3 Å². The van der Waals surface area contributed by atoms with Crippen LogP contribution in [0.25, 0.3) is 11.3 Å². The first-order valence-corrected chi connectivity index (χ1v) is 11.0. The highest BCUT2D eigenvalue weighted by Gasteiger charge is 2.29. The standard InChI is InChI=1S/C24H27F2N5O3/c1-14(25)34-23-16(26)5-4-6-18(23)30-22-20-17(8-10-28-24(20)32)29-21(22)15-7-9-27-13-19(15)33-12-11-31(2)3/h4-7,9,13-14,29-30H,8,10-12H2,1-3H3,(H,28,32). The summed E-state index contributed by atoms with van der Waals surface area (Å²) in [5.41, 5.74) is 2.99. The number of rotatable bonds is 9. The molecule has 0 radical (unpaired) electrons. The van der Waals surface area contributed by atoms with Crippen LogP contribution in [0.4, 0.5) is 20.2 Å². The van der Waals surface area contributed by atoms with Crippen LogP contribution in [0.2, 0.25) is 0 Å². The lowest BCUT2D eigenvalue weighted by Gasteiger charge is -2.18. The molecule has 0 saturated carbocycles. The van der Waals surface area contributed by atoms with E-state index >= 15 is 0 Å². The average molecular weight is 472 g/mol. The summed E-state index contributed by atoms with van der Waals surface area (Å²) in [5, 5.41) is 5.95. The number of alkyl halides is 1. The molecule has 1 amide bonds. The fraction of sp³-hybridized carbons (Fsp3) is 0.333. The second-order valence-electron chi connectivity index (χ2n) is 8.16. The van der Waals surface area contributed by atoms with Crippen molar-refractivity contribution in [2.45, 2.75) is 19.7 Å². The number of carbonyl (C=O) groups is 1. The Labute approximate surface area is 196 Å². The predicted molar refractivity (Wildman–Crippen MR) is 125 cm³/mol. The molecular weight excluding hydrogens is 444 g/mol. The summed E-state index contributed by atoms with van der Waals surface area (Å²) in [6.45, 7) is 2.79. The third-order valence-corrected chi connectivity index (χ3v) is 5.32. The predicted octanol–water partition coefficient (Wildman–Crippen LogP) is 3.88. The number of pyridine rings is 1. The highest BCUT2D eigenvalue weighted by atomic mass is 19.1. The number of likely N-dealkylation sites (N-methyl/N-ethyl adjacent to an activating group) is 1. The van der Waals surface area contributed by atoms with Crippen LogP contribution in [-0.4, -0.2) is 60.9 Å². The molecule has 10 heteroatoms. The minimum atomic E-state index is -1.72. The Kier molecular flexibility index (Phi) is 6.97. The first kappa shape index (κ1) is 23.5. The van der Waals surface area contributed by atoms with E-state index in [9.17, 15) is 13.6 Å². The molecule has 0 fully saturated rings. The molecule has 180 valence electrons. The van der Waals surface area contributed by atoms with Crippen LogP contribution in [0.15, 0.2) is 36.7 Å². The van der Waals surface area contributed by atoms with E-state index in [1.165, 1.54) is 19.1 Å². The molecule has 3 heterocycles. The van der Waals surface area contributed by atoms with Gasteiger partial charge in [0.2, 0.25) is 6.36 Å². The van der Waals surface area contributed by atoms with Gasteiger partial charge in [0.05, 0.1) is 28.8 Å². The van der Waals surface area contributed by atoms with Gasteiger partial charge in [-0.25, -0.2) is 8.78 Å². The Morgan fingerprint density at radius 3 is 2.88 bits per heavy atom. The maximum atomic E-state index is 14.5. The van der Waals surface area contributed by atoms with Gasteiger partial charge in [-0.05, 0) is 32.3 Å². The smallest absolute Gasteiger partial charge is 0.255 e. The van der Waals surface area contributed by atoms with Crippen molar-refractivity contribution < 1.29 is 23.0 Å². The van der Waals surface area contributed by atoms with Crippen LogP contribution in [0.3, 0.4) is 0 Å². The first-order chi connectivity index (χ1) is 16.3. The van der Waals surface area contributed by atoms with Crippen LogP contribution < -0.4 is 20.1 Å². The lowest BCUT2D eigenvalue weighted by atomic mass is 10.0. The number of amides is 1. The molecule has 3 aromatic rings. The van der Waals surface area contributed by atoms with E-state index in [0.717, 1.165) is 5.69 Å². The van der Waals surface area contributed by atoms with Gasteiger partial charge in [0.1, 0.15) is 12.4 Å². The summed E-state index contributed by atoms with van der Waals surface area (Å²) >= 11 is 0. The van der Waals surface area contributed by atoms with E-state index in [2.05, 4.69) is 20.6 Å². The molecule has 2 aromatic heterocycles. The summed E-state index contributed by atoms with van der Waals surface area (Å²) < 4.78 is 39.2. The van der Waals surface area contributed by atoms with E-state index < -0.39 is 12.2 Å². The molecular formula is C24H27F2N5O3. The summed E-state index contributed by atoms with van der Waals surface area (Å²) in [6, 6.07) is 6.00. The Morgan fingerprint density at radius 2 is 2.12 bits per heavy atom. The summed E-state index contributed by atoms with van der Waals surface area (Å²) in [6.07, 6.45) is 2.10. The Balaban J connectivity index is 1.81. The molecule has 0 spiro atoms. The van der Waals surface area contributed by atoms with E-state index in [4.69, 9.17) is 9.47 Å². The van der Waals surface area contributed by atoms with Gasteiger partial charge in [0, 0.05) is 43.9 Å². The number of ether oxygens (including phenoxy) is 2. The maximum Gasteiger partial charge on any atom is 0.255 e. The molecule has 1 aromatic carbocycles. The van der Waals surface area contributed by atoms with Gasteiger partial charge in [-0.15, -0.1) is 0 Å². The van der Waals surface area contributed by atoms with Crippen LogP contribution in [0.1, 0.15) is 23.0 Å². The van der Waals surface area contributed by atoms with Gasteiger partial charge in [-0.3, -0.25) is 9.78 Å². The molecule has 8 nitrogen and oxygen atoms in total. The average Bonchev–Trinajstić information content (AvgIpc) is 3.15. The SMILES string of the molecule is CC(F)Oc1c(F)cccc1Nc1c(-c2ccncc2OCCN(C)C)[nH]c2c1C(=O)NCC2. The number of nitrogens with one attached hydrogen (secondary N) is 3. The Morgan fingerprint density at radius 1 is 1.29 bits per heavy atom. The number of nitrogens with zero attached hydrogens (tertiary/aromatic N) is 2. The number of anilines is 2. The van der Waals surface area contributed by atoms with Gasteiger partial charge in [-0.2, -0.15) is 0 Å². The van der Waals surface area contributed by atoms with Crippen molar-refractivity contribution in [1.29, 1.82) is 0 Å². The van der Waals surface area contributed by atoms with Crippen molar-refractivity contribution in [3.63, 3.8) is 0 Å². The van der Waals surface area contributed by atoms with Gasteiger partial charge >= 0.3 is 0 Å². The van der Waals surface area contributed by atoms with Crippen molar-refractivity contribution in [1.82, 2.24) is 20.2 Å². The van der Waals surface area contributed by atoms with Crippen LogP contribution in [0.5, 0.6) is 11.5 Å². The Bertz CT molecular complexity index is 1180. The molecule has 1 unspecified atom stereocenters. The van der Waals surface area contributed by atoms with E-state index in [0.29, 0.717) is 54.4 Å². The molecule has 0 bridgehead atoms. The first-order valence-electron chi connectivity index (χ1n) is 11.0. The van der Waals surface area contributed by atoms with Crippen molar-refractivity contribution in [3.8, 4) is 22.8 Å². The van der Waals surface area contributed by atoms with Gasteiger partial charge < -0.3 is 30.0 Å². The number of hydrogen-bond acceptors (Lipinski definition) is 6. The molecule has 3 N–H and O–H groups in total. The number of carbonyl (C=O) groups excluding carboxylic acids is 1. The van der Waals surface area contributed by atoms with Gasteiger partial charge in [0.15, 0.2) is 11.6 Å². The lowest BCUT2D eigenvalue weighted by molar-refractivity contribution is 0.0822. The molecule has 0 saturated heterocycles. The van der Waals surface area contributed by atoms with E-state index in [1.807, 2.05) is 19.0 Å². The molecule has 1 atom stereocenters. The summed E-state index contributed by atoms with van der Waals surface area (Å²) in [7, 11) is 3.90. The van der Waals surface area contributed by atoms with Crippen molar-refractivity contribution in [3.05, 3.63) is 53.7 Å². The third-order valence-electron chi connectivity index (χ3n) is 5.32. The molecule has 1 aliphatic heterocycles. The number of hydrogen-bond donors (Lipinski definition) is 3. The minimum absolute atomic E-state index is 0.190. The summed E-state index contributed by atoms with van der Waals surface area (Å²) in [4.78, 5) is 22.3. The van der Waals surface area contributed by atoms with Crippen LogP contribution in [-0.2, 0) is 6.42 Å². The molecule has 34 heavy (non-hydrogen) atoms. The minimum Gasteiger partial charge on any atom is -0.490 e. The second-order valence-corrected chi connectivity index (χ2v) is 8.16. The monoisotopic (exact) mass is 471 g/mol. The second kappa shape index (κ2) is 10.1. The fourth-order valence-corrected chi connectivity index (χ4v) is 3.77. The maximum absolute atomic E-state index is 14.5. The fourth-order valence-electron chi connectivity index (χ4n) is 3.77. The number of halogens is 2. The largest absolute Gasteiger partial charge is 0.490 e. The zero-order chi connectivity index (χ0) is 24.2. The quantitative estimate of drug-likeness (QED) is 0.439. The third kappa shape index (κ3) is 4.96. The highest BCUT2D eigenvalue weighted by Crippen LogP contribution is 2.42. The number of para-hydroxylation sites is 1. The molecule has 0 aliphatic carbocycles. The molecule has 1 aliphatic rings. The number of H-pyrrole nitrogens is 1. The number of aromatic amines is 1. The van der Waals surface area contributed by atoms with Crippen molar-refractivity contribution in [2.75, 3.05) is 39.1 Å². The van der Waals surface area contributed by atoms with Crippen LogP contribution in [0, 0.1) is 5.82 Å². The van der Waals surface area contributed by atoms with Gasteiger partial charge in [-0.1, -0.05) is 6.07 Å². The van der Waals surface area contributed by atoms with Crippen LogP contribution >= 0.6 is 0 Å². The number of benzene rings is 1.